The summed E-state index contributed by atoms with van der Waals surface area (Å²) in [5.74, 6) is 1.00. The normalized spacial score (nSPS) is 12.5. The predicted molar refractivity (Wildman–Crippen MR) is 72.2 cm³/mol. The fourth-order valence-electron chi connectivity index (χ4n) is 2.20. The molecular weight excluding hydrogens is 224 g/mol. The molecule has 0 fully saturated rings. The zero-order valence-electron chi connectivity index (χ0n) is 10.8. The third-order valence-electron chi connectivity index (χ3n) is 3.09. The first-order valence-corrected chi connectivity index (χ1v) is 6.31. The lowest BCUT2D eigenvalue weighted by Gasteiger charge is -2.11. The molecule has 0 saturated heterocycles. The van der Waals surface area contributed by atoms with Crippen LogP contribution in [-0.2, 0) is 6.54 Å². The van der Waals surface area contributed by atoms with Crippen LogP contribution in [0.3, 0.4) is 0 Å². The number of nitriles is 1. The van der Waals surface area contributed by atoms with Gasteiger partial charge in [-0.1, -0.05) is 19.1 Å². The van der Waals surface area contributed by atoms with Crippen molar-refractivity contribution < 1.29 is 0 Å². The Morgan fingerprint density at radius 2 is 2.22 bits per heavy atom. The van der Waals surface area contributed by atoms with Gasteiger partial charge in [0, 0.05) is 6.54 Å². The van der Waals surface area contributed by atoms with Crippen molar-refractivity contribution in [1.82, 2.24) is 14.9 Å². The van der Waals surface area contributed by atoms with Gasteiger partial charge in [0.1, 0.15) is 5.82 Å². The lowest BCUT2D eigenvalue weighted by atomic mass is 10.2. The van der Waals surface area contributed by atoms with Crippen molar-refractivity contribution in [1.29, 1.82) is 5.26 Å². The minimum Gasteiger partial charge on any atom is -0.328 e. The van der Waals surface area contributed by atoms with Crippen LogP contribution in [0.25, 0.3) is 11.0 Å². The number of imidazole rings is 1. The van der Waals surface area contributed by atoms with E-state index >= 15 is 0 Å². The molecule has 0 saturated carbocycles. The van der Waals surface area contributed by atoms with Crippen LogP contribution in [0.1, 0.15) is 19.2 Å². The molecule has 4 heteroatoms. The SMILES string of the molecule is CCNC(C#N)CCn1c(C)nc2ccccc21. The maximum absolute atomic E-state index is 9.03. The summed E-state index contributed by atoms with van der Waals surface area (Å²) >= 11 is 0. The number of fused-ring (bicyclic) bond motifs is 1. The molecule has 1 unspecified atom stereocenters. The van der Waals surface area contributed by atoms with Crippen molar-refractivity contribution in [3.63, 3.8) is 0 Å². The fraction of sp³-hybridized carbons (Fsp3) is 0.429. The van der Waals surface area contributed by atoms with Gasteiger partial charge in [0.2, 0.25) is 0 Å². The molecule has 4 nitrogen and oxygen atoms in total. The van der Waals surface area contributed by atoms with Crippen LogP contribution in [0.4, 0.5) is 0 Å². The zero-order valence-corrected chi connectivity index (χ0v) is 10.8. The molecule has 0 aliphatic carbocycles. The van der Waals surface area contributed by atoms with Crippen molar-refractivity contribution in [3.8, 4) is 6.07 Å². The van der Waals surface area contributed by atoms with Crippen LogP contribution >= 0.6 is 0 Å². The van der Waals surface area contributed by atoms with E-state index in [4.69, 9.17) is 5.26 Å². The summed E-state index contributed by atoms with van der Waals surface area (Å²) in [4.78, 5) is 4.52. The van der Waals surface area contributed by atoms with E-state index in [9.17, 15) is 0 Å². The van der Waals surface area contributed by atoms with E-state index in [1.165, 1.54) is 0 Å². The van der Waals surface area contributed by atoms with Crippen LogP contribution in [-0.4, -0.2) is 22.1 Å². The summed E-state index contributed by atoms with van der Waals surface area (Å²) in [6.45, 7) is 5.66. The number of hydrogen-bond donors (Lipinski definition) is 1. The second-order valence-electron chi connectivity index (χ2n) is 4.33. The molecule has 0 aliphatic rings. The number of benzene rings is 1. The van der Waals surface area contributed by atoms with Crippen molar-refractivity contribution >= 4 is 11.0 Å². The average molecular weight is 242 g/mol. The number of aryl methyl sites for hydroxylation is 2. The summed E-state index contributed by atoms with van der Waals surface area (Å²) in [7, 11) is 0. The van der Waals surface area contributed by atoms with E-state index in [2.05, 4.69) is 27.0 Å². The molecule has 94 valence electrons. The highest BCUT2D eigenvalue weighted by Crippen LogP contribution is 2.16. The predicted octanol–water partition coefficient (Wildman–Crippen LogP) is 2.24. The number of aromatic nitrogens is 2. The Morgan fingerprint density at radius 1 is 1.44 bits per heavy atom. The van der Waals surface area contributed by atoms with Crippen LogP contribution in [0.2, 0.25) is 0 Å². The smallest absolute Gasteiger partial charge is 0.106 e. The third kappa shape index (κ3) is 2.52. The summed E-state index contributed by atoms with van der Waals surface area (Å²) in [6, 6.07) is 10.3. The monoisotopic (exact) mass is 242 g/mol. The molecule has 0 aliphatic heterocycles. The lowest BCUT2D eigenvalue weighted by molar-refractivity contribution is 0.529. The second kappa shape index (κ2) is 5.65. The van der Waals surface area contributed by atoms with E-state index in [-0.39, 0.29) is 6.04 Å². The topological polar surface area (TPSA) is 53.6 Å². The summed E-state index contributed by atoms with van der Waals surface area (Å²) in [5.41, 5.74) is 2.16. The molecule has 0 radical (unpaired) electrons. The van der Waals surface area contributed by atoms with Crippen molar-refractivity contribution in [3.05, 3.63) is 30.1 Å². The van der Waals surface area contributed by atoms with Gasteiger partial charge in [-0.25, -0.2) is 4.98 Å². The minimum absolute atomic E-state index is 0.0874. The fourth-order valence-corrected chi connectivity index (χ4v) is 2.20. The molecule has 2 aromatic rings. The van der Waals surface area contributed by atoms with Crippen molar-refractivity contribution in [2.75, 3.05) is 6.54 Å². The van der Waals surface area contributed by atoms with Gasteiger partial charge in [-0.15, -0.1) is 0 Å². The largest absolute Gasteiger partial charge is 0.328 e. The molecule has 0 amide bonds. The highest BCUT2D eigenvalue weighted by Gasteiger charge is 2.09. The Morgan fingerprint density at radius 3 is 2.94 bits per heavy atom. The van der Waals surface area contributed by atoms with Gasteiger partial charge in [0.05, 0.1) is 23.1 Å². The molecule has 1 atom stereocenters. The zero-order chi connectivity index (χ0) is 13.0. The molecule has 1 heterocycles. The molecule has 1 aromatic carbocycles. The first kappa shape index (κ1) is 12.6. The van der Waals surface area contributed by atoms with Crippen molar-refractivity contribution in [2.24, 2.45) is 0 Å². The molecular formula is C14H18N4. The van der Waals surface area contributed by atoms with Gasteiger partial charge in [-0.2, -0.15) is 5.26 Å². The molecule has 0 bridgehead atoms. The Labute approximate surface area is 107 Å². The highest BCUT2D eigenvalue weighted by atomic mass is 15.1. The Kier molecular flexibility index (Phi) is 3.96. The first-order valence-electron chi connectivity index (χ1n) is 6.31. The van der Waals surface area contributed by atoms with E-state index in [0.717, 1.165) is 36.4 Å². The molecule has 1 N–H and O–H groups in total. The van der Waals surface area contributed by atoms with Gasteiger partial charge in [-0.05, 0) is 32.0 Å². The van der Waals surface area contributed by atoms with E-state index in [0.29, 0.717) is 0 Å². The van der Waals surface area contributed by atoms with Crippen LogP contribution in [0.5, 0.6) is 0 Å². The molecule has 1 aromatic heterocycles. The summed E-state index contributed by atoms with van der Waals surface area (Å²) < 4.78 is 2.18. The number of nitrogens with zero attached hydrogens (tertiary/aromatic N) is 3. The van der Waals surface area contributed by atoms with Gasteiger partial charge >= 0.3 is 0 Å². The maximum Gasteiger partial charge on any atom is 0.106 e. The van der Waals surface area contributed by atoms with Gasteiger partial charge in [0.15, 0.2) is 0 Å². The second-order valence-corrected chi connectivity index (χ2v) is 4.33. The number of nitrogens with one attached hydrogen (secondary N) is 1. The number of hydrogen-bond acceptors (Lipinski definition) is 3. The first-order chi connectivity index (χ1) is 8.76. The van der Waals surface area contributed by atoms with E-state index in [1.807, 2.05) is 32.0 Å². The Hall–Kier alpha value is -1.86. The number of rotatable bonds is 5. The van der Waals surface area contributed by atoms with Crippen molar-refractivity contribution in [2.45, 2.75) is 32.9 Å². The van der Waals surface area contributed by atoms with Gasteiger partial charge in [0.25, 0.3) is 0 Å². The highest BCUT2D eigenvalue weighted by molar-refractivity contribution is 5.75. The molecule has 18 heavy (non-hydrogen) atoms. The van der Waals surface area contributed by atoms with E-state index in [1.54, 1.807) is 0 Å². The standard InChI is InChI=1S/C14H18N4/c1-3-16-12(10-15)8-9-18-11(2)17-13-6-4-5-7-14(13)18/h4-7,12,16H,3,8-9H2,1-2H3. The maximum atomic E-state index is 9.03. The molecule has 2 rings (SSSR count). The van der Waals surface area contributed by atoms with Crippen LogP contribution in [0.15, 0.2) is 24.3 Å². The van der Waals surface area contributed by atoms with E-state index < -0.39 is 0 Å². The van der Waals surface area contributed by atoms with Crippen LogP contribution in [0, 0.1) is 18.3 Å². The minimum atomic E-state index is -0.0874. The quantitative estimate of drug-likeness (QED) is 0.874. The van der Waals surface area contributed by atoms with Crippen LogP contribution < -0.4 is 5.32 Å². The third-order valence-corrected chi connectivity index (χ3v) is 3.09. The Balaban J connectivity index is 2.17. The average Bonchev–Trinajstić information content (AvgIpc) is 2.70. The molecule has 0 spiro atoms. The van der Waals surface area contributed by atoms with Gasteiger partial charge in [-0.3, -0.25) is 0 Å². The Bertz CT molecular complexity index is 565. The number of para-hydroxylation sites is 2. The lowest BCUT2D eigenvalue weighted by Crippen LogP contribution is -2.28. The summed E-state index contributed by atoms with van der Waals surface area (Å²) in [6.07, 6.45) is 0.797. The summed E-state index contributed by atoms with van der Waals surface area (Å²) in [5, 5.41) is 12.2. The van der Waals surface area contributed by atoms with Gasteiger partial charge < -0.3 is 9.88 Å².